The van der Waals surface area contributed by atoms with Gasteiger partial charge in [-0.05, 0) is 43.7 Å². The van der Waals surface area contributed by atoms with Crippen LogP contribution >= 0.6 is 0 Å². The molecule has 0 saturated heterocycles. The molecule has 0 spiro atoms. The van der Waals surface area contributed by atoms with E-state index in [2.05, 4.69) is 10.0 Å². The largest absolute Gasteiger partial charge is 0.460 e. The smallest absolute Gasteiger partial charge is 0.262 e. The molecule has 0 aliphatic heterocycles. The number of nitriles is 1. The van der Waals surface area contributed by atoms with Gasteiger partial charge in [-0.3, -0.25) is 4.79 Å². The molecule has 164 valence electrons. The van der Waals surface area contributed by atoms with Crippen LogP contribution < -0.4 is 10.0 Å². The molecule has 0 aliphatic rings. The summed E-state index contributed by atoms with van der Waals surface area (Å²) >= 11 is 0. The van der Waals surface area contributed by atoms with E-state index in [0.717, 1.165) is 11.1 Å². The van der Waals surface area contributed by atoms with Crippen molar-refractivity contribution in [1.29, 1.82) is 5.26 Å². The highest BCUT2D eigenvalue weighted by Crippen LogP contribution is 2.16. The standard InChI is InChI=1S/C24H23N3O4S/c1-17-8-12-23(13-9-17)32(29,30)26-16-22-11-10-21(31-22)14-20(15-25)24(28)27-18(2)19-6-4-3-5-7-19/h3-14,18,26H,16H2,1-2H3,(H,27,28)/b20-14-. The lowest BCUT2D eigenvalue weighted by Gasteiger charge is -2.13. The van der Waals surface area contributed by atoms with Crippen LogP contribution in [0.5, 0.6) is 0 Å². The molecule has 2 N–H and O–H groups in total. The Labute approximate surface area is 187 Å². The molecule has 3 aromatic rings. The maximum Gasteiger partial charge on any atom is 0.262 e. The second kappa shape index (κ2) is 10.1. The lowest BCUT2D eigenvalue weighted by molar-refractivity contribution is -0.117. The van der Waals surface area contributed by atoms with Crippen molar-refractivity contribution < 1.29 is 17.6 Å². The van der Waals surface area contributed by atoms with E-state index in [1.54, 1.807) is 24.3 Å². The number of hydrogen-bond acceptors (Lipinski definition) is 5. The van der Waals surface area contributed by atoms with Crippen LogP contribution in [0.1, 0.15) is 35.6 Å². The molecule has 2 aromatic carbocycles. The van der Waals surface area contributed by atoms with Crippen molar-refractivity contribution >= 4 is 22.0 Å². The number of amides is 1. The molecule has 32 heavy (non-hydrogen) atoms. The van der Waals surface area contributed by atoms with Crippen LogP contribution in [0.15, 0.2) is 81.6 Å². The third-order valence-electron chi connectivity index (χ3n) is 4.75. The van der Waals surface area contributed by atoms with Crippen LogP contribution in [-0.4, -0.2) is 14.3 Å². The molecule has 1 amide bonds. The number of nitrogens with one attached hydrogen (secondary N) is 2. The van der Waals surface area contributed by atoms with Crippen molar-refractivity contribution in [3.05, 3.63) is 95.0 Å². The van der Waals surface area contributed by atoms with E-state index in [4.69, 9.17) is 4.42 Å². The zero-order valence-electron chi connectivity index (χ0n) is 17.7. The minimum Gasteiger partial charge on any atom is -0.460 e. The predicted molar refractivity (Wildman–Crippen MR) is 121 cm³/mol. The van der Waals surface area contributed by atoms with Gasteiger partial charge in [-0.15, -0.1) is 0 Å². The van der Waals surface area contributed by atoms with Crippen molar-refractivity contribution in [2.24, 2.45) is 0 Å². The molecular weight excluding hydrogens is 426 g/mol. The lowest BCUT2D eigenvalue weighted by Crippen LogP contribution is -2.27. The van der Waals surface area contributed by atoms with E-state index in [1.807, 2.05) is 50.2 Å². The number of nitrogens with zero attached hydrogens (tertiary/aromatic N) is 1. The third kappa shape index (κ3) is 5.94. The number of sulfonamides is 1. The first kappa shape index (κ1) is 23.0. The maximum atomic E-state index is 12.5. The monoisotopic (exact) mass is 449 g/mol. The second-order valence-electron chi connectivity index (χ2n) is 7.22. The lowest BCUT2D eigenvalue weighted by atomic mass is 10.1. The summed E-state index contributed by atoms with van der Waals surface area (Å²) < 4.78 is 32.8. The van der Waals surface area contributed by atoms with Crippen molar-refractivity contribution in [2.75, 3.05) is 0 Å². The second-order valence-corrected chi connectivity index (χ2v) is 8.98. The Morgan fingerprint density at radius 3 is 2.44 bits per heavy atom. The topological polar surface area (TPSA) is 112 Å². The molecule has 1 heterocycles. The first-order chi connectivity index (χ1) is 15.3. The highest BCUT2D eigenvalue weighted by molar-refractivity contribution is 7.89. The number of furan rings is 1. The first-order valence-corrected chi connectivity index (χ1v) is 11.4. The Kier molecular flexibility index (Phi) is 7.25. The fourth-order valence-electron chi connectivity index (χ4n) is 2.92. The van der Waals surface area contributed by atoms with Gasteiger partial charge in [0.2, 0.25) is 10.0 Å². The van der Waals surface area contributed by atoms with Gasteiger partial charge in [0, 0.05) is 6.08 Å². The van der Waals surface area contributed by atoms with Crippen LogP contribution in [0.25, 0.3) is 6.08 Å². The van der Waals surface area contributed by atoms with Gasteiger partial charge in [0.25, 0.3) is 5.91 Å². The van der Waals surface area contributed by atoms with Gasteiger partial charge < -0.3 is 9.73 Å². The molecule has 7 nitrogen and oxygen atoms in total. The Balaban J connectivity index is 1.65. The molecule has 0 radical (unpaired) electrons. The Bertz CT molecular complexity index is 1250. The summed E-state index contributed by atoms with van der Waals surface area (Å²) in [5.41, 5.74) is 1.76. The SMILES string of the molecule is Cc1ccc(S(=O)(=O)NCc2ccc(/C=C(/C#N)C(=O)NC(C)c3ccccc3)o2)cc1. The quantitative estimate of drug-likeness (QED) is 0.401. The van der Waals surface area contributed by atoms with Crippen LogP contribution in [0.2, 0.25) is 0 Å². The molecule has 1 aromatic heterocycles. The van der Waals surface area contributed by atoms with Crippen molar-refractivity contribution in [3.8, 4) is 6.07 Å². The molecule has 0 aliphatic carbocycles. The fourth-order valence-corrected chi connectivity index (χ4v) is 3.92. The zero-order valence-corrected chi connectivity index (χ0v) is 18.5. The molecule has 0 saturated carbocycles. The molecule has 8 heteroatoms. The van der Waals surface area contributed by atoms with E-state index in [1.165, 1.54) is 18.2 Å². The Hall–Kier alpha value is -3.67. The molecule has 0 fully saturated rings. The van der Waals surface area contributed by atoms with Gasteiger partial charge in [-0.1, -0.05) is 48.0 Å². The highest BCUT2D eigenvalue weighted by Gasteiger charge is 2.16. The summed E-state index contributed by atoms with van der Waals surface area (Å²) in [6.45, 7) is 3.64. The molecular formula is C24H23N3O4S. The van der Waals surface area contributed by atoms with E-state index in [0.29, 0.717) is 5.76 Å². The highest BCUT2D eigenvalue weighted by atomic mass is 32.2. The third-order valence-corrected chi connectivity index (χ3v) is 6.17. The summed E-state index contributed by atoms with van der Waals surface area (Å²) in [5.74, 6) is 0.0952. The zero-order chi connectivity index (χ0) is 23.1. The maximum absolute atomic E-state index is 12.5. The summed E-state index contributed by atoms with van der Waals surface area (Å²) in [6, 6.07) is 20.7. The normalized spacial score (nSPS) is 12.7. The number of hydrogen-bond donors (Lipinski definition) is 2. The average Bonchev–Trinajstić information content (AvgIpc) is 3.24. The van der Waals surface area contributed by atoms with Gasteiger partial charge in [0.15, 0.2) is 0 Å². The number of benzene rings is 2. The summed E-state index contributed by atoms with van der Waals surface area (Å²) in [6.07, 6.45) is 1.32. The van der Waals surface area contributed by atoms with E-state index in [9.17, 15) is 18.5 Å². The van der Waals surface area contributed by atoms with Crippen LogP contribution in [-0.2, 0) is 21.4 Å². The van der Waals surface area contributed by atoms with Gasteiger partial charge in [-0.25, -0.2) is 13.1 Å². The molecule has 3 rings (SSSR count). The number of aryl methyl sites for hydroxylation is 1. The minimum absolute atomic E-state index is 0.0663. The average molecular weight is 450 g/mol. The van der Waals surface area contributed by atoms with Gasteiger partial charge in [-0.2, -0.15) is 5.26 Å². The van der Waals surface area contributed by atoms with E-state index >= 15 is 0 Å². The van der Waals surface area contributed by atoms with Crippen LogP contribution in [0.4, 0.5) is 0 Å². The summed E-state index contributed by atoms with van der Waals surface area (Å²) in [4.78, 5) is 12.6. The predicted octanol–water partition coefficient (Wildman–Crippen LogP) is 3.85. The number of carbonyl (C=O) groups excluding carboxylic acids is 1. The summed E-state index contributed by atoms with van der Waals surface area (Å²) in [5, 5.41) is 12.2. The van der Waals surface area contributed by atoms with Gasteiger partial charge in [0.1, 0.15) is 23.2 Å². The van der Waals surface area contributed by atoms with Crippen LogP contribution in [0.3, 0.4) is 0 Å². The minimum atomic E-state index is -3.69. The Morgan fingerprint density at radius 1 is 1.09 bits per heavy atom. The van der Waals surface area contributed by atoms with E-state index in [-0.39, 0.29) is 28.8 Å². The van der Waals surface area contributed by atoms with Crippen molar-refractivity contribution in [3.63, 3.8) is 0 Å². The fraction of sp³-hybridized carbons (Fsp3) is 0.167. The van der Waals surface area contributed by atoms with Crippen LogP contribution in [0, 0.1) is 18.3 Å². The molecule has 1 unspecified atom stereocenters. The van der Waals surface area contributed by atoms with Gasteiger partial charge in [0.05, 0.1) is 17.5 Å². The summed E-state index contributed by atoms with van der Waals surface area (Å²) in [7, 11) is -3.69. The molecule has 0 bridgehead atoms. The first-order valence-electron chi connectivity index (χ1n) is 9.91. The number of carbonyl (C=O) groups is 1. The molecule has 1 atom stereocenters. The van der Waals surface area contributed by atoms with E-state index < -0.39 is 15.9 Å². The Morgan fingerprint density at radius 2 is 1.78 bits per heavy atom. The van der Waals surface area contributed by atoms with Crippen molar-refractivity contribution in [1.82, 2.24) is 10.0 Å². The van der Waals surface area contributed by atoms with Crippen molar-refractivity contribution in [2.45, 2.75) is 31.3 Å². The van der Waals surface area contributed by atoms with Gasteiger partial charge >= 0.3 is 0 Å². The number of rotatable bonds is 8.